The Morgan fingerprint density at radius 1 is 1.10 bits per heavy atom. The SMILES string of the molecule is CNC(COCC1CCCC1)c1ccc2ccccc2c1. The van der Waals surface area contributed by atoms with Crippen LogP contribution in [0.4, 0.5) is 0 Å². The predicted octanol–water partition coefficient (Wildman–Crippen LogP) is 4.31. The smallest absolute Gasteiger partial charge is 0.0661 e. The number of hydrogen-bond donors (Lipinski definition) is 1. The second-order valence-corrected chi connectivity index (χ2v) is 6.14. The summed E-state index contributed by atoms with van der Waals surface area (Å²) < 4.78 is 5.97. The molecule has 1 aliphatic carbocycles. The van der Waals surface area contributed by atoms with Gasteiger partial charge < -0.3 is 10.1 Å². The Morgan fingerprint density at radius 2 is 1.86 bits per heavy atom. The van der Waals surface area contributed by atoms with Gasteiger partial charge in [0, 0.05) is 6.61 Å². The average molecular weight is 283 g/mol. The quantitative estimate of drug-likeness (QED) is 0.853. The molecule has 1 saturated carbocycles. The van der Waals surface area contributed by atoms with Gasteiger partial charge in [0.05, 0.1) is 12.6 Å². The molecule has 1 N–H and O–H groups in total. The number of ether oxygens (including phenoxy) is 1. The van der Waals surface area contributed by atoms with Crippen LogP contribution < -0.4 is 5.32 Å². The molecule has 0 aromatic heterocycles. The van der Waals surface area contributed by atoms with Gasteiger partial charge in [0.1, 0.15) is 0 Å². The zero-order valence-electron chi connectivity index (χ0n) is 12.8. The first-order valence-electron chi connectivity index (χ1n) is 8.10. The Bertz CT molecular complexity index is 575. The molecule has 2 aromatic carbocycles. The van der Waals surface area contributed by atoms with E-state index in [1.54, 1.807) is 0 Å². The van der Waals surface area contributed by atoms with Gasteiger partial charge in [-0.1, -0.05) is 49.2 Å². The molecular weight excluding hydrogens is 258 g/mol. The molecule has 0 aliphatic heterocycles. The van der Waals surface area contributed by atoms with E-state index in [-0.39, 0.29) is 6.04 Å². The lowest BCUT2D eigenvalue weighted by molar-refractivity contribution is 0.0844. The summed E-state index contributed by atoms with van der Waals surface area (Å²) in [4.78, 5) is 0. The van der Waals surface area contributed by atoms with Crippen LogP contribution >= 0.6 is 0 Å². The second kappa shape index (κ2) is 7.06. The minimum atomic E-state index is 0.274. The monoisotopic (exact) mass is 283 g/mol. The minimum absolute atomic E-state index is 0.274. The van der Waals surface area contributed by atoms with Gasteiger partial charge >= 0.3 is 0 Å². The van der Waals surface area contributed by atoms with Crippen LogP contribution in [0.15, 0.2) is 42.5 Å². The first kappa shape index (κ1) is 14.6. The lowest BCUT2D eigenvalue weighted by Gasteiger charge is -2.19. The summed E-state index contributed by atoms with van der Waals surface area (Å²) in [5, 5.41) is 5.98. The van der Waals surface area contributed by atoms with Crippen molar-refractivity contribution in [2.24, 2.45) is 5.92 Å². The molecule has 1 atom stereocenters. The maximum Gasteiger partial charge on any atom is 0.0661 e. The van der Waals surface area contributed by atoms with Crippen molar-refractivity contribution in [1.82, 2.24) is 5.32 Å². The molecule has 3 rings (SSSR count). The topological polar surface area (TPSA) is 21.3 Å². The molecule has 21 heavy (non-hydrogen) atoms. The van der Waals surface area contributed by atoms with Crippen molar-refractivity contribution in [3.63, 3.8) is 0 Å². The van der Waals surface area contributed by atoms with Gasteiger partial charge in [0.15, 0.2) is 0 Å². The van der Waals surface area contributed by atoms with E-state index in [0.717, 1.165) is 19.1 Å². The van der Waals surface area contributed by atoms with Gasteiger partial charge in [-0.15, -0.1) is 0 Å². The standard InChI is InChI=1S/C19H25NO/c1-20-19(14-21-13-15-6-2-3-7-15)18-11-10-16-8-4-5-9-17(16)12-18/h4-5,8-12,15,19-20H,2-3,6-7,13-14H2,1H3. The van der Waals surface area contributed by atoms with E-state index in [0.29, 0.717) is 0 Å². The van der Waals surface area contributed by atoms with Gasteiger partial charge in [-0.3, -0.25) is 0 Å². The predicted molar refractivity (Wildman–Crippen MR) is 88.5 cm³/mol. The summed E-state index contributed by atoms with van der Waals surface area (Å²) in [5.41, 5.74) is 1.31. The number of hydrogen-bond acceptors (Lipinski definition) is 2. The first-order valence-corrected chi connectivity index (χ1v) is 8.10. The van der Waals surface area contributed by atoms with Crippen molar-refractivity contribution in [2.75, 3.05) is 20.3 Å². The van der Waals surface area contributed by atoms with E-state index in [1.165, 1.54) is 42.0 Å². The first-order chi connectivity index (χ1) is 10.4. The van der Waals surface area contributed by atoms with Gasteiger partial charge in [0.2, 0.25) is 0 Å². The number of benzene rings is 2. The molecule has 2 aromatic rings. The lowest BCUT2D eigenvalue weighted by Crippen LogP contribution is -2.23. The van der Waals surface area contributed by atoms with Crippen LogP contribution in [0.1, 0.15) is 37.3 Å². The number of fused-ring (bicyclic) bond motifs is 1. The van der Waals surface area contributed by atoms with E-state index in [2.05, 4.69) is 47.8 Å². The summed E-state index contributed by atoms with van der Waals surface area (Å²) >= 11 is 0. The van der Waals surface area contributed by atoms with Crippen molar-refractivity contribution in [3.05, 3.63) is 48.0 Å². The Labute approximate surface area is 127 Å². The summed E-state index contributed by atoms with van der Waals surface area (Å²) in [6.45, 7) is 1.68. The maximum absolute atomic E-state index is 5.97. The molecule has 112 valence electrons. The van der Waals surface area contributed by atoms with E-state index >= 15 is 0 Å². The second-order valence-electron chi connectivity index (χ2n) is 6.14. The largest absolute Gasteiger partial charge is 0.379 e. The van der Waals surface area contributed by atoms with Crippen molar-refractivity contribution in [1.29, 1.82) is 0 Å². The van der Waals surface area contributed by atoms with Gasteiger partial charge in [-0.05, 0) is 48.2 Å². The van der Waals surface area contributed by atoms with Crippen LogP contribution in [0.5, 0.6) is 0 Å². The highest BCUT2D eigenvalue weighted by Crippen LogP contribution is 2.25. The zero-order chi connectivity index (χ0) is 14.5. The highest BCUT2D eigenvalue weighted by molar-refractivity contribution is 5.83. The Balaban J connectivity index is 1.63. The van der Waals surface area contributed by atoms with E-state index in [9.17, 15) is 0 Å². The molecular formula is C19H25NO. The number of likely N-dealkylation sites (N-methyl/N-ethyl adjacent to an activating group) is 1. The van der Waals surface area contributed by atoms with Gasteiger partial charge in [0.25, 0.3) is 0 Å². The zero-order valence-corrected chi connectivity index (χ0v) is 12.8. The minimum Gasteiger partial charge on any atom is -0.379 e. The van der Waals surface area contributed by atoms with Crippen LogP contribution in [0, 0.1) is 5.92 Å². The molecule has 0 bridgehead atoms. The van der Waals surface area contributed by atoms with Gasteiger partial charge in [-0.25, -0.2) is 0 Å². The molecule has 1 aliphatic rings. The molecule has 0 saturated heterocycles. The fraction of sp³-hybridized carbons (Fsp3) is 0.474. The number of rotatable bonds is 6. The summed E-state index contributed by atoms with van der Waals surface area (Å²) in [6, 6.07) is 15.5. The van der Waals surface area contributed by atoms with Crippen LogP contribution in [0.2, 0.25) is 0 Å². The summed E-state index contributed by atoms with van der Waals surface area (Å²) in [5.74, 6) is 0.791. The molecule has 2 nitrogen and oxygen atoms in total. The average Bonchev–Trinajstić information content (AvgIpc) is 3.04. The Kier molecular flexibility index (Phi) is 4.89. The molecule has 1 unspecified atom stereocenters. The summed E-state index contributed by atoms with van der Waals surface area (Å²) in [7, 11) is 2.01. The normalized spacial score (nSPS) is 17.4. The highest BCUT2D eigenvalue weighted by atomic mass is 16.5. The maximum atomic E-state index is 5.97. The fourth-order valence-electron chi connectivity index (χ4n) is 3.30. The van der Waals surface area contributed by atoms with Crippen LogP contribution in [0.3, 0.4) is 0 Å². The van der Waals surface area contributed by atoms with Crippen LogP contribution in [-0.2, 0) is 4.74 Å². The third kappa shape index (κ3) is 3.63. The molecule has 0 amide bonds. The third-order valence-corrected chi connectivity index (χ3v) is 4.64. The lowest BCUT2D eigenvalue weighted by atomic mass is 10.0. The van der Waals surface area contributed by atoms with Crippen molar-refractivity contribution >= 4 is 10.8 Å². The fourth-order valence-corrected chi connectivity index (χ4v) is 3.30. The van der Waals surface area contributed by atoms with Gasteiger partial charge in [-0.2, -0.15) is 0 Å². The number of nitrogens with one attached hydrogen (secondary N) is 1. The Morgan fingerprint density at radius 3 is 2.62 bits per heavy atom. The summed E-state index contributed by atoms with van der Waals surface area (Å²) in [6.07, 6.45) is 5.46. The van der Waals surface area contributed by atoms with Crippen molar-refractivity contribution in [2.45, 2.75) is 31.7 Å². The van der Waals surface area contributed by atoms with Crippen LogP contribution in [-0.4, -0.2) is 20.3 Å². The molecule has 0 heterocycles. The van der Waals surface area contributed by atoms with E-state index in [4.69, 9.17) is 4.74 Å². The van der Waals surface area contributed by atoms with E-state index in [1.807, 2.05) is 7.05 Å². The molecule has 2 heteroatoms. The molecule has 0 radical (unpaired) electrons. The highest BCUT2D eigenvalue weighted by Gasteiger charge is 2.16. The third-order valence-electron chi connectivity index (χ3n) is 4.64. The molecule has 1 fully saturated rings. The van der Waals surface area contributed by atoms with Crippen molar-refractivity contribution < 1.29 is 4.74 Å². The van der Waals surface area contributed by atoms with Crippen LogP contribution in [0.25, 0.3) is 10.8 Å². The van der Waals surface area contributed by atoms with Crippen molar-refractivity contribution in [3.8, 4) is 0 Å². The molecule has 0 spiro atoms. The van der Waals surface area contributed by atoms with E-state index < -0.39 is 0 Å². The Hall–Kier alpha value is -1.38.